The van der Waals surface area contributed by atoms with Crippen molar-refractivity contribution in [2.45, 2.75) is 25.3 Å². The van der Waals surface area contributed by atoms with E-state index in [-0.39, 0.29) is 17.7 Å². The van der Waals surface area contributed by atoms with Crippen LogP contribution in [0.1, 0.15) is 39.7 Å². The van der Waals surface area contributed by atoms with E-state index in [1.807, 2.05) is 24.3 Å². The summed E-state index contributed by atoms with van der Waals surface area (Å²) in [5.41, 5.74) is 7.61. The van der Waals surface area contributed by atoms with E-state index in [1.165, 1.54) is 0 Å². The Morgan fingerprint density at radius 1 is 1.11 bits per heavy atom. The summed E-state index contributed by atoms with van der Waals surface area (Å²) < 4.78 is 1.15. The summed E-state index contributed by atoms with van der Waals surface area (Å²) in [6.45, 7) is 0.368. The third-order valence-electron chi connectivity index (χ3n) is 5.08. The lowest BCUT2D eigenvalue weighted by molar-refractivity contribution is -0.125. The first-order valence-electron chi connectivity index (χ1n) is 9.29. The zero-order valence-corrected chi connectivity index (χ0v) is 16.1. The van der Waals surface area contributed by atoms with Gasteiger partial charge in [0.15, 0.2) is 0 Å². The Morgan fingerprint density at radius 3 is 2.75 bits per heavy atom. The third kappa shape index (κ3) is 3.82. The number of allylic oxidation sites excluding steroid dienone is 2. The first-order valence-corrected chi connectivity index (χ1v) is 10.1. The van der Waals surface area contributed by atoms with Crippen molar-refractivity contribution < 1.29 is 9.59 Å². The molecule has 0 radical (unpaired) electrons. The molecular weight excluding hydrogens is 370 g/mol. The highest BCUT2D eigenvalue weighted by molar-refractivity contribution is 7.18. The summed E-state index contributed by atoms with van der Waals surface area (Å²) in [5, 5.41) is 4.04. The summed E-state index contributed by atoms with van der Waals surface area (Å²) in [6.07, 6.45) is 5.72. The molecule has 2 amide bonds. The SMILES string of the molecule is NC(=O)c1cccc(CNC(=O)C2CC=CCC2c2nc3ccccc3s2)c1. The number of carbonyl (C=O) groups excluding carboxylic acids is 2. The van der Waals surface area contributed by atoms with Crippen LogP contribution in [0.15, 0.2) is 60.7 Å². The van der Waals surface area contributed by atoms with Crippen molar-refractivity contribution in [1.82, 2.24) is 10.3 Å². The second-order valence-electron chi connectivity index (χ2n) is 6.96. The number of hydrogen-bond donors (Lipinski definition) is 2. The predicted molar refractivity (Wildman–Crippen MR) is 111 cm³/mol. The van der Waals surface area contributed by atoms with Gasteiger partial charge in [0.05, 0.1) is 21.1 Å². The second kappa shape index (κ2) is 7.94. The molecule has 142 valence electrons. The van der Waals surface area contributed by atoms with Crippen LogP contribution < -0.4 is 11.1 Å². The van der Waals surface area contributed by atoms with Crippen molar-refractivity contribution >= 4 is 33.4 Å². The van der Waals surface area contributed by atoms with Gasteiger partial charge in [0.25, 0.3) is 0 Å². The summed E-state index contributed by atoms with van der Waals surface area (Å²) in [7, 11) is 0. The van der Waals surface area contributed by atoms with Gasteiger partial charge in [-0.15, -0.1) is 11.3 Å². The molecular formula is C22H21N3O2S. The number of aromatic nitrogens is 1. The van der Waals surface area contributed by atoms with E-state index >= 15 is 0 Å². The number of thiazole rings is 1. The smallest absolute Gasteiger partial charge is 0.248 e. The molecule has 3 aromatic rings. The lowest BCUT2D eigenvalue weighted by Crippen LogP contribution is -2.34. The minimum atomic E-state index is -0.471. The Hall–Kier alpha value is -2.99. The third-order valence-corrected chi connectivity index (χ3v) is 6.24. The molecule has 1 aliphatic carbocycles. The molecule has 3 N–H and O–H groups in total. The van der Waals surface area contributed by atoms with Crippen molar-refractivity contribution in [1.29, 1.82) is 0 Å². The Morgan fingerprint density at radius 2 is 1.93 bits per heavy atom. The highest BCUT2D eigenvalue weighted by atomic mass is 32.1. The fraction of sp³-hybridized carbons (Fsp3) is 0.227. The fourth-order valence-electron chi connectivity index (χ4n) is 3.58. The van der Waals surface area contributed by atoms with Gasteiger partial charge in [0.1, 0.15) is 0 Å². The highest BCUT2D eigenvalue weighted by Crippen LogP contribution is 2.38. The molecule has 4 rings (SSSR count). The molecule has 1 aliphatic rings. The van der Waals surface area contributed by atoms with Crippen LogP contribution in [0.4, 0.5) is 0 Å². The molecule has 2 aromatic carbocycles. The van der Waals surface area contributed by atoms with Crippen LogP contribution in [0.25, 0.3) is 10.2 Å². The molecule has 0 saturated heterocycles. The molecule has 1 aromatic heterocycles. The summed E-state index contributed by atoms with van der Waals surface area (Å²) >= 11 is 1.67. The molecule has 0 spiro atoms. The lowest BCUT2D eigenvalue weighted by Gasteiger charge is -2.26. The number of hydrogen-bond acceptors (Lipinski definition) is 4. The van der Waals surface area contributed by atoms with Crippen molar-refractivity contribution in [3.05, 3.63) is 76.8 Å². The average Bonchev–Trinajstić information content (AvgIpc) is 3.16. The molecule has 1 heterocycles. The van der Waals surface area contributed by atoms with Crippen LogP contribution in [0.3, 0.4) is 0 Å². The Bertz CT molecular complexity index is 1020. The number of para-hydroxylation sites is 1. The molecule has 6 heteroatoms. The number of fused-ring (bicyclic) bond motifs is 1. The minimum absolute atomic E-state index is 0.0121. The predicted octanol–water partition coefficient (Wildman–Crippen LogP) is 3.76. The number of nitrogens with two attached hydrogens (primary N) is 1. The largest absolute Gasteiger partial charge is 0.366 e. The van der Waals surface area contributed by atoms with Crippen LogP contribution in [-0.2, 0) is 11.3 Å². The van der Waals surface area contributed by atoms with Crippen LogP contribution in [0.5, 0.6) is 0 Å². The van der Waals surface area contributed by atoms with Crippen molar-refractivity contribution in [3.8, 4) is 0 Å². The molecule has 0 fully saturated rings. The maximum Gasteiger partial charge on any atom is 0.248 e. The standard InChI is InChI=1S/C22H21N3O2S/c23-20(26)15-7-5-6-14(12-15)13-24-21(27)16-8-1-2-9-17(16)22-25-18-10-3-4-11-19(18)28-22/h1-7,10-12,16-17H,8-9,13H2,(H2,23,26)(H,24,27). The van der Waals surface area contributed by atoms with E-state index in [4.69, 9.17) is 10.7 Å². The van der Waals surface area contributed by atoms with E-state index in [1.54, 1.807) is 29.5 Å². The Kier molecular flexibility index (Phi) is 5.21. The Balaban J connectivity index is 1.49. The van der Waals surface area contributed by atoms with E-state index in [9.17, 15) is 9.59 Å². The number of nitrogens with one attached hydrogen (secondary N) is 1. The molecule has 2 atom stereocenters. The molecule has 5 nitrogen and oxygen atoms in total. The van der Waals surface area contributed by atoms with E-state index in [2.05, 4.69) is 23.5 Å². The highest BCUT2D eigenvalue weighted by Gasteiger charge is 2.32. The average molecular weight is 391 g/mol. The number of benzene rings is 2. The van der Waals surface area contributed by atoms with Crippen LogP contribution in [0.2, 0.25) is 0 Å². The van der Waals surface area contributed by atoms with Crippen molar-refractivity contribution in [2.24, 2.45) is 11.7 Å². The monoisotopic (exact) mass is 391 g/mol. The summed E-state index contributed by atoms with van der Waals surface area (Å²) in [6, 6.07) is 15.1. The maximum absolute atomic E-state index is 12.9. The minimum Gasteiger partial charge on any atom is -0.366 e. The Labute approximate surface area is 167 Å². The van der Waals surface area contributed by atoms with Gasteiger partial charge in [-0.1, -0.05) is 36.4 Å². The maximum atomic E-state index is 12.9. The number of rotatable bonds is 5. The number of carbonyl (C=O) groups is 2. The molecule has 28 heavy (non-hydrogen) atoms. The topological polar surface area (TPSA) is 85.1 Å². The van der Waals surface area contributed by atoms with Crippen LogP contribution >= 0.6 is 11.3 Å². The van der Waals surface area contributed by atoms with E-state index < -0.39 is 5.91 Å². The first-order chi connectivity index (χ1) is 13.6. The van der Waals surface area contributed by atoms with E-state index in [0.717, 1.165) is 27.2 Å². The van der Waals surface area contributed by atoms with Crippen LogP contribution in [-0.4, -0.2) is 16.8 Å². The number of nitrogens with zero attached hydrogens (tertiary/aromatic N) is 1. The normalized spacial score (nSPS) is 18.9. The quantitative estimate of drug-likeness (QED) is 0.650. The number of amides is 2. The van der Waals surface area contributed by atoms with Crippen molar-refractivity contribution in [2.75, 3.05) is 0 Å². The molecule has 0 bridgehead atoms. The van der Waals surface area contributed by atoms with Gasteiger partial charge in [-0.3, -0.25) is 9.59 Å². The van der Waals surface area contributed by atoms with Gasteiger partial charge in [0, 0.05) is 18.0 Å². The summed E-state index contributed by atoms with van der Waals surface area (Å²) in [4.78, 5) is 29.0. The van der Waals surface area contributed by atoms with Crippen LogP contribution in [0, 0.1) is 5.92 Å². The molecule has 2 unspecified atom stereocenters. The fourth-order valence-corrected chi connectivity index (χ4v) is 4.73. The van der Waals surface area contributed by atoms with Gasteiger partial charge >= 0.3 is 0 Å². The van der Waals surface area contributed by atoms with Gasteiger partial charge in [-0.2, -0.15) is 0 Å². The molecule has 0 aliphatic heterocycles. The first kappa shape index (κ1) is 18.4. The van der Waals surface area contributed by atoms with E-state index in [0.29, 0.717) is 18.5 Å². The molecule has 0 saturated carbocycles. The van der Waals surface area contributed by atoms with Crippen molar-refractivity contribution in [3.63, 3.8) is 0 Å². The summed E-state index contributed by atoms with van der Waals surface area (Å²) in [5.74, 6) is -0.524. The van der Waals surface area contributed by atoms with Gasteiger partial charge in [-0.05, 0) is 42.7 Å². The number of primary amides is 1. The van der Waals surface area contributed by atoms with Gasteiger partial charge < -0.3 is 11.1 Å². The zero-order valence-electron chi connectivity index (χ0n) is 15.3. The second-order valence-corrected chi connectivity index (χ2v) is 8.02. The van der Waals surface area contributed by atoms with Gasteiger partial charge in [-0.25, -0.2) is 4.98 Å². The van der Waals surface area contributed by atoms with Gasteiger partial charge in [0.2, 0.25) is 11.8 Å². The lowest BCUT2D eigenvalue weighted by atomic mass is 9.82. The zero-order chi connectivity index (χ0) is 19.5.